The molecule has 0 spiro atoms. The smallest absolute Gasteiger partial charge is 0.253 e. The molecule has 0 aliphatic carbocycles. The van der Waals surface area contributed by atoms with Crippen molar-refractivity contribution >= 4 is 29.1 Å². The number of anilines is 2. The molecule has 1 atom stereocenters. The molecule has 36 heavy (non-hydrogen) atoms. The van der Waals surface area contributed by atoms with Crippen molar-refractivity contribution in [2.24, 2.45) is 5.92 Å². The van der Waals surface area contributed by atoms with Gasteiger partial charge in [-0.25, -0.2) is 0 Å². The lowest BCUT2D eigenvalue weighted by Crippen LogP contribution is -2.41. The number of benzene rings is 2. The third-order valence-corrected chi connectivity index (χ3v) is 6.26. The van der Waals surface area contributed by atoms with Gasteiger partial charge in [0.2, 0.25) is 11.8 Å². The number of nitrogens with one attached hydrogen (secondary N) is 2. The summed E-state index contributed by atoms with van der Waals surface area (Å²) in [6.45, 7) is 8.57. The lowest BCUT2D eigenvalue weighted by atomic mass is 10.1. The minimum Gasteiger partial charge on any atom is -0.491 e. The molecule has 192 valence electrons. The molecular formula is C27H34N4O5. The minimum atomic E-state index is -0.512. The van der Waals surface area contributed by atoms with Crippen molar-refractivity contribution in [1.29, 1.82) is 0 Å². The molecule has 0 radical (unpaired) electrons. The topological polar surface area (TPSA) is 100 Å². The summed E-state index contributed by atoms with van der Waals surface area (Å²) in [4.78, 5) is 42.4. The lowest BCUT2D eigenvalue weighted by Gasteiger charge is -2.26. The van der Waals surface area contributed by atoms with E-state index in [9.17, 15) is 14.4 Å². The van der Waals surface area contributed by atoms with Crippen LogP contribution in [0.3, 0.4) is 0 Å². The summed E-state index contributed by atoms with van der Waals surface area (Å²) in [5.41, 5.74) is 1.56. The maximum atomic E-state index is 13.0. The minimum absolute atomic E-state index is 0.0621. The molecule has 2 fully saturated rings. The molecule has 9 nitrogen and oxygen atoms in total. The van der Waals surface area contributed by atoms with Gasteiger partial charge in [0.1, 0.15) is 5.75 Å². The van der Waals surface area contributed by atoms with Gasteiger partial charge >= 0.3 is 0 Å². The summed E-state index contributed by atoms with van der Waals surface area (Å²) in [5.74, 6) is -0.413. The van der Waals surface area contributed by atoms with Crippen LogP contribution >= 0.6 is 0 Å². The molecule has 2 aliphatic rings. The summed E-state index contributed by atoms with van der Waals surface area (Å²) in [5, 5.41) is 5.81. The average molecular weight is 495 g/mol. The summed E-state index contributed by atoms with van der Waals surface area (Å²) < 4.78 is 11.0. The summed E-state index contributed by atoms with van der Waals surface area (Å²) in [7, 11) is 0. The van der Waals surface area contributed by atoms with Gasteiger partial charge in [-0.1, -0.05) is 12.1 Å². The number of ether oxygens (including phenoxy) is 2. The van der Waals surface area contributed by atoms with Crippen LogP contribution in [-0.2, 0) is 14.3 Å². The highest BCUT2D eigenvalue weighted by Gasteiger charge is 2.35. The lowest BCUT2D eigenvalue weighted by molar-refractivity contribution is -0.122. The number of nitrogens with zero attached hydrogens (tertiary/aromatic N) is 2. The zero-order valence-electron chi connectivity index (χ0n) is 20.9. The summed E-state index contributed by atoms with van der Waals surface area (Å²) in [6, 6.07) is 14.2. The van der Waals surface area contributed by atoms with Crippen molar-refractivity contribution in [3.05, 3.63) is 54.1 Å². The number of hydrogen-bond acceptors (Lipinski definition) is 6. The van der Waals surface area contributed by atoms with E-state index < -0.39 is 5.92 Å². The zero-order valence-corrected chi connectivity index (χ0v) is 20.9. The van der Waals surface area contributed by atoms with Crippen molar-refractivity contribution in [2.75, 3.05) is 56.2 Å². The Morgan fingerprint density at radius 1 is 1.08 bits per heavy atom. The van der Waals surface area contributed by atoms with Crippen molar-refractivity contribution in [3.8, 4) is 5.75 Å². The van der Waals surface area contributed by atoms with Crippen molar-refractivity contribution < 1.29 is 23.9 Å². The first-order chi connectivity index (χ1) is 17.4. The van der Waals surface area contributed by atoms with Crippen LogP contribution in [0.2, 0.25) is 0 Å². The first kappa shape index (κ1) is 25.7. The van der Waals surface area contributed by atoms with Gasteiger partial charge in [0.25, 0.3) is 5.91 Å². The highest BCUT2D eigenvalue weighted by atomic mass is 16.5. The zero-order chi connectivity index (χ0) is 25.5. The fourth-order valence-corrected chi connectivity index (χ4v) is 4.38. The van der Waals surface area contributed by atoms with E-state index in [1.54, 1.807) is 29.2 Å². The maximum absolute atomic E-state index is 13.0. The Labute approximate surface area is 211 Å². The monoisotopic (exact) mass is 494 g/mol. The second-order valence-corrected chi connectivity index (χ2v) is 9.31. The predicted molar refractivity (Wildman–Crippen MR) is 137 cm³/mol. The van der Waals surface area contributed by atoms with Gasteiger partial charge in [-0.3, -0.25) is 19.3 Å². The van der Waals surface area contributed by atoms with Crippen LogP contribution in [0.1, 0.15) is 30.6 Å². The third kappa shape index (κ3) is 6.61. The fourth-order valence-electron chi connectivity index (χ4n) is 4.38. The Kier molecular flexibility index (Phi) is 8.56. The number of hydrogen-bond donors (Lipinski definition) is 2. The van der Waals surface area contributed by atoms with Crippen LogP contribution in [0.15, 0.2) is 48.5 Å². The fraction of sp³-hybridized carbons (Fsp3) is 0.444. The van der Waals surface area contributed by atoms with Gasteiger partial charge in [0.15, 0.2) is 0 Å². The molecule has 2 aromatic carbocycles. The molecule has 0 unspecified atom stereocenters. The van der Waals surface area contributed by atoms with Gasteiger partial charge < -0.3 is 25.0 Å². The molecule has 0 saturated carbocycles. The Hall–Kier alpha value is -3.43. The maximum Gasteiger partial charge on any atom is 0.253 e. The van der Waals surface area contributed by atoms with E-state index >= 15 is 0 Å². The number of amides is 3. The molecule has 9 heteroatoms. The second-order valence-electron chi connectivity index (χ2n) is 9.31. The van der Waals surface area contributed by atoms with Gasteiger partial charge in [-0.2, -0.15) is 0 Å². The molecule has 2 saturated heterocycles. The van der Waals surface area contributed by atoms with Crippen molar-refractivity contribution in [3.63, 3.8) is 0 Å². The largest absolute Gasteiger partial charge is 0.491 e. The normalized spacial score (nSPS) is 18.4. The van der Waals surface area contributed by atoms with E-state index in [0.717, 1.165) is 31.1 Å². The molecule has 2 aliphatic heterocycles. The number of carbonyl (C=O) groups excluding carboxylic acids is 3. The van der Waals surface area contributed by atoms with Crippen LogP contribution in [0.5, 0.6) is 5.75 Å². The predicted octanol–water partition coefficient (Wildman–Crippen LogP) is 2.53. The SMILES string of the molecule is CC(C)Oc1ccc(N2C[C@@H](C(=O)Nc3ccccc3C(=O)NCCN3CCOCC3)CC2=O)cc1. The Morgan fingerprint density at radius 2 is 1.81 bits per heavy atom. The molecule has 3 amide bonds. The summed E-state index contributed by atoms with van der Waals surface area (Å²) in [6.07, 6.45) is 0.177. The Balaban J connectivity index is 1.33. The second kappa shape index (κ2) is 12.0. The number of morpholine rings is 1. The van der Waals surface area contributed by atoms with E-state index in [1.807, 2.05) is 38.1 Å². The van der Waals surface area contributed by atoms with Crippen LogP contribution in [0.4, 0.5) is 11.4 Å². The van der Waals surface area contributed by atoms with Crippen LogP contribution in [0, 0.1) is 5.92 Å². The van der Waals surface area contributed by atoms with Gasteiger partial charge in [-0.05, 0) is 50.2 Å². The van der Waals surface area contributed by atoms with Crippen LogP contribution in [0.25, 0.3) is 0 Å². The van der Waals surface area contributed by atoms with Crippen LogP contribution < -0.4 is 20.3 Å². The van der Waals surface area contributed by atoms with Gasteiger partial charge in [0.05, 0.1) is 36.5 Å². The molecule has 2 aromatic rings. The Bertz CT molecular complexity index is 1070. The average Bonchev–Trinajstić information content (AvgIpc) is 3.27. The molecular weight excluding hydrogens is 460 g/mol. The first-order valence-electron chi connectivity index (χ1n) is 12.5. The molecule has 2 N–H and O–H groups in total. The van der Waals surface area contributed by atoms with E-state index in [4.69, 9.17) is 9.47 Å². The molecule has 0 bridgehead atoms. The van der Waals surface area contributed by atoms with E-state index in [0.29, 0.717) is 31.0 Å². The molecule has 2 heterocycles. The van der Waals surface area contributed by atoms with E-state index in [1.165, 1.54) is 0 Å². The Morgan fingerprint density at radius 3 is 2.53 bits per heavy atom. The van der Waals surface area contributed by atoms with Crippen molar-refractivity contribution in [2.45, 2.75) is 26.4 Å². The van der Waals surface area contributed by atoms with Gasteiger partial charge in [0, 0.05) is 44.8 Å². The van der Waals surface area contributed by atoms with E-state index in [-0.39, 0.29) is 36.8 Å². The van der Waals surface area contributed by atoms with Gasteiger partial charge in [-0.15, -0.1) is 0 Å². The standard InChI is InChI=1S/C27H34N4O5/c1-19(2)36-22-9-7-21(8-10-22)31-18-20(17-25(31)32)26(33)29-24-6-4-3-5-23(24)27(34)28-11-12-30-13-15-35-16-14-30/h3-10,19-20H,11-18H2,1-2H3,(H,28,34)(H,29,33)/t20-/m0/s1. The third-order valence-electron chi connectivity index (χ3n) is 6.26. The van der Waals surface area contributed by atoms with Crippen molar-refractivity contribution in [1.82, 2.24) is 10.2 Å². The molecule has 0 aromatic heterocycles. The summed E-state index contributed by atoms with van der Waals surface area (Å²) >= 11 is 0. The number of para-hydroxylation sites is 1. The number of carbonyl (C=O) groups is 3. The highest BCUT2D eigenvalue weighted by Crippen LogP contribution is 2.28. The number of rotatable bonds is 9. The van der Waals surface area contributed by atoms with Crippen LogP contribution in [-0.4, -0.2) is 74.7 Å². The molecule has 4 rings (SSSR count). The first-order valence-corrected chi connectivity index (χ1v) is 12.5. The highest BCUT2D eigenvalue weighted by molar-refractivity contribution is 6.07. The van der Waals surface area contributed by atoms with E-state index in [2.05, 4.69) is 15.5 Å². The quantitative estimate of drug-likeness (QED) is 0.556.